The van der Waals surface area contributed by atoms with Gasteiger partial charge in [-0.2, -0.15) is 0 Å². The SMILES string of the molecule is COCCCC=C(C)C. The lowest BCUT2D eigenvalue weighted by Gasteiger charge is -1.93. The number of allylic oxidation sites excluding steroid dienone is 2. The van der Waals surface area contributed by atoms with Crippen LogP contribution in [0, 0.1) is 0 Å². The van der Waals surface area contributed by atoms with Gasteiger partial charge in [0.15, 0.2) is 0 Å². The van der Waals surface area contributed by atoms with Gasteiger partial charge in [0.2, 0.25) is 0 Å². The highest BCUT2D eigenvalue weighted by Crippen LogP contribution is 1.96. The van der Waals surface area contributed by atoms with Crippen LogP contribution < -0.4 is 0 Å². The number of hydrogen-bond acceptors (Lipinski definition) is 1. The van der Waals surface area contributed by atoms with Crippen molar-refractivity contribution in [1.29, 1.82) is 0 Å². The van der Waals surface area contributed by atoms with Crippen molar-refractivity contribution in [3.8, 4) is 0 Å². The van der Waals surface area contributed by atoms with E-state index in [1.807, 2.05) is 0 Å². The number of hydrogen-bond donors (Lipinski definition) is 0. The lowest BCUT2D eigenvalue weighted by Crippen LogP contribution is -1.85. The fourth-order valence-corrected chi connectivity index (χ4v) is 0.618. The number of ether oxygens (including phenoxy) is 1. The quantitative estimate of drug-likeness (QED) is 0.417. The van der Waals surface area contributed by atoms with Gasteiger partial charge in [0, 0.05) is 13.7 Å². The number of methoxy groups -OCH3 is 1. The maximum absolute atomic E-state index is 4.89. The van der Waals surface area contributed by atoms with Gasteiger partial charge in [-0.1, -0.05) is 11.6 Å². The first-order valence-corrected chi connectivity index (χ1v) is 3.39. The van der Waals surface area contributed by atoms with Gasteiger partial charge in [0.25, 0.3) is 0 Å². The van der Waals surface area contributed by atoms with Crippen LogP contribution in [0.1, 0.15) is 26.7 Å². The Labute approximate surface area is 57.7 Å². The lowest BCUT2D eigenvalue weighted by molar-refractivity contribution is 0.196. The van der Waals surface area contributed by atoms with Gasteiger partial charge >= 0.3 is 0 Å². The van der Waals surface area contributed by atoms with Gasteiger partial charge in [-0.15, -0.1) is 0 Å². The van der Waals surface area contributed by atoms with Gasteiger partial charge in [0.1, 0.15) is 0 Å². The second kappa shape index (κ2) is 5.83. The van der Waals surface area contributed by atoms with Crippen molar-refractivity contribution in [1.82, 2.24) is 0 Å². The highest BCUT2D eigenvalue weighted by atomic mass is 16.5. The highest BCUT2D eigenvalue weighted by molar-refractivity contribution is 4.92. The second-order valence-corrected chi connectivity index (χ2v) is 2.42. The first kappa shape index (κ1) is 8.70. The van der Waals surface area contributed by atoms with Crippen LogP contribution in [-0.2, 0) is 4.74 Å². The van der Waals surface area contributed by atoms with Crippen molar-refractivity contribution < 1.29 is 4.74 Å². The lowest BCUT2D eigenvalue weighted by atomic mass is 10.2. The summed E-state index contributed by atoms with van der Waals surface area (Å²) in [5, 5.41) is 0. The first-order chi connectivity index (χ1) is 4.27. The van der Waals surface area contributed by atoms with Crippen molar-refractivity contribution in [2.24, 2.45) is 0 Å². The van der Waals surface area contributed by atoms with E-state index in [-0.39, 0.29) is 0 Å². The third kappa shape index (κ3) is 7.70. The van der Waals surface area contributed by atoms with Crippen molar-refractivity contribution >= 4 is 0 Å². The monoisotopic (exact) mass is 128 g/mol. The fraction of sp³-hybridized carbons (Fsp3) is 0.750. The summed E-state index contributed by atoms with van der Waals surface area (Å²) < 4.78 is 4.89. The molecular formula is C8H16O. The largest absolute Gasteiger partial charge is 0.385 e. The van der Waals surface area contributed by atoms with Crippen LogP contribution in [0.25, 0.3) is 0 Å². The molecule has 0 aliphatic carbocycles. The van der Waals surface area contributed by atoms with Crippen LogP contribution in [0.4, 0.5) is 0 Å². The van der Waals surface area contributed by atoms with E-state index in [0.717, 1.165) is 19.4 Å². The van der Waals surface area contributed by atoms with Crippen molar-refractivity contribution in [2.75, 3.05) is 13.7 Å². The Balaban J connectivity index is 3.00. The third-order valence-corrected chi connectivity index (χ3v) is 1.11. The summed E-state index contributed by atoms with van der Waals surface area (Å²) in [6, 6.07) is 0. The minimum absolute atomic E-state index is 0.879. The molecule has 0 amide bonds. The van der Waals surface area contributed by atoms with E-state index in [9.17, 15) is 0 Å². The zero-order valence-electron chi connectivity index (χ0n) is 6.61. The molecule has 0 spiro atoms. The summed E-state index contributed by atoms with van der Waals surface area (Å²) in [7, 11) is 1.74. The van der Waals surface area contributed by atoms with E-state index in [0.29, 0.717) is 0 Å². The van der Waals surface area contributed by atoms with Crippen LogP contribution in [0.3, 0.4) is 0 Å². The molecule has 54 valence electrons. The Kier molecular flexibility index (Phi) is 5.64. The van der Waals surface area contributed by atoms with E-state index in [2.05, 4.69) is 19.9 Å². The molecule has 0 aliphatic heterocycles. The topological polar surface area (TPSA) is 9.23 Å². The molecule has 0 bridgehead atoms. The molecule has 0 radical (unpaired) electrons. The average Bonchev–Trinajstić information content (AvgIpc) is 1.80. The molecular weight excluding hydrogens is 112 g/mol. The summed E-state index contributed by atoms with van der Waals surface area (Å²) >= 11 is 0. The Bertz CT molecular complexity index is 80.6. The predicted octanol–water partition coefficient (Wildman–Crippen LogP) is 2.38. The fourth-order valence-electron chi connectivity index (χ4n) is 0.618. The minimum Gasteiger partial charge on any atom is -0.385 e. The maximum Gasteiger partial charge on any atom is 0.0465 e. The van der Waals surface area contributed by atoms with Gasteiger partial charge in [-0.05, 0) is 26.7 Å². The van der Waals surface area contributed by atoms with E-state index < -0.39 is 0 Å². The van der Waals surface area contributed by atoms with Crippen LogP contribution in [0.5, 0.6) is 0 Å². The van der Waals surface area contributed by atoms with Crippen molar-refractivity contribution in [3.05, 3.63) is 11.6 Å². The van der Waals surface area contributed by atoms with Gasteiger partial charge in [-0.3, -0.25) is 0 Å². The molecule has 0 fully saturated rings. The zero-order valence-corrected chi connectivity index (χ0v) is 6.61. The number of rotatable bonds is 4. The van der Waals surface area contributed by atoms with Gasteiger partial charge in [0.05, 0.1) is 0 Å². The summed E-state index contributed by atoms with van der Waals surface area (Å²) in [5.74, 6) is 0. The second-order valence-electron chi connectivity index (χ2n) is 2.42. The minimum atomic E-state index is 0.879. The summed E-state index contributed by atoms with van der Waals surface area (Å²) in [4.78, 5) is 0. The van der Waals surface area contributed by atoms with Crippen LogP contribution in [0.15, 0.2) is 11.6 Å². The summed E-state index contributed by atoms with van der Waals surface area (Å²) in [5.41, 5.74) is 1.39. The van der Waals surface area contributed by atoms with Gasteiger partial charge in [-0.25, -0.2) is 0 Å². The highest BCUT2D eigenvalue weighted by Gasteiger charge is 1.81. The molecule has 0 atom stereocenters. The predicted molar refractivity (Wildman–Crippen MR) is 40.5 cm³/mol. The molecule has 0 heterocycles. The molecule has 0 aliphatic rings. The third-order valence-electron chi connectivity index (χ3n) is 1.11. The molecule has 0 aromatic heterocycles. The maximum atomic E-state index is 4.89. The zero-order chi connectivity index (χ0) is 7.11. The van der Waals surface area contributed by atoms with Crippen molar-refractivity contribution in [2.45, 2.75) is 26.7 Å². The smallest absolute Gasteiger partial charge is 0.0465 e. The molecule has 9 heavy (non-hydrogen) atoms. The Morgan fingerprint density at radius 2 is 2.11 bits per heavy atom. The van der Waals surface area contributed by atoms with Gasteiger partial charge < -0.3 is 4.74 Å². The van der Waals surface area contributed by atoms with E-state index >= 15 is 0 Å². The van der Waals surface area contributed by atoms with E-state index in [1.165, 1.54) is 5.57 Å². The van der Waals surface area contributed by atoms with E-state index in [4.69, 9.17) is 4.74 Å². The average molecular weight is 128 g/mol. The molecule has 0 saturated carbocycles. The molecule has 0 aromatic rings. The van der Waals surface area contributed by atoms with Crippen LogP contribution in [-0.4, -0.2) is 13.7 Å². The molecule has 0 aromatic carbocycles. The Hall–Kier alpha value is -0.300. The normalized spacial score (nSPS) is 9.22. The molecule has 0 unspecified atom stereocenters. The van der Waals surface area contributed by atoms with E-state index in [1.54, 1.807) is 7.11 Å². The van der Waals surface area contributed by atoms with Crippen LogP contribution >= 0.6 is 0 Å². The Morgan fingerprint density at radius 3 is 2.56 bits per heavy atom. The molecule has 0 saturated heterocycles. The molecule has 1 heteroatoms. The molecule has 0 rings (SSSR count). The standard InChI is InChI=1S/C8H16O/c1-8(2)6-4-5-7-9-3/h6H,4-5,7H2,1-3H3. The Morgan fingerprint density at radius 1 is 1.44 bits per heavy atom. The first-order valence-electron chi connectivity index (χ1n) is 3.39. The molecule has 1 nitrogen and oxygen atoms in total. The van der Waals surface area contributed by atoms with Crippen molar-refractivity contribution in [3.63, 3.8) is 0 Å². The summed E-state index contributed by atoms with van der Waals surface area (Å²) in [6.45, 7) is 5.11. The van der Waals surface area contributed by atoms with Crippen LogP contribution in [0.2, 0.25) is 0 Å². The number of unbranched alkanes of at least 4 members (excludes halogenated alkanes) is 1. The summed E-state index contributed by atoms with van der Waals surface area (Å²) in [6.07, 6.45) is 4.52. The molecule has 0 N–H and O–H groups in total.